The van der Waals surface area contributed by atoms with Crippen molar-refractivity contribution in [2.45, 2.75) is 31.3 Å². The van der Waals surface area contributed by atoms with Crippen LogP contribution in [-0.4, -0.2) is 63.9 Å². The third-order valence-corrected chi connectivity index (χ3v) is 5.05. The van der Waals surface area contributed by atoms with E-state index in [2.05, 4.69) is 25.8 Å². The van der Waals surface area contributed by atoms with Crippen molar-refractivity contribution in [3.63, 3.8) is 0 Å². The summed E-state index contributed by atoms with van der Waals surface area (Å²) in [7, 11) is 0. The maximum atomic E-state index is 12.5. The zero-order valence-corrected chi connectivity index (χ0v) is 15.4. The zero-order chi connectivity index (χ0) is 19.4. The topological polar surface area (TPSA) is 122 Å². The van der Waals surface area contributed by atoms with Gasteiger partial charge in [0.2, 0.25) is 11.7 Å². The lowest BCUT2D eigenvalue weighted by Gasteiger charge is -2.25. The van der Waals surface area contributed by atoms with Gasteiger partial charge < -0.3 is 24.8 Å². The fraction of sp³-hybridized carbons (Fsp3) is 0.500. The number of urea groups is 1. The number of nitrogens with one attached hydrogen (secondary N) is 2. The molecule has 0 unspecified atom stereocenters. The smallest absolute Gasteiger partial charge is 0.407 e. The quantitative estimate of drug-likeness (QED) is 0.813. The van der Waals surface area contributed by atoms with Crippen molar-refractivity contribution in [3.8, 4) is 11.4 Å². The van der Waals surface area contributed by atoms with Gasteiger partial charge in [-0.2, -0.15) is 4.98 Å². The molecule has 0 saturated carbocycles. The molecule has 2 N–H and O–H groups in total. The number of nitrogens with zero attached hydrogens (tertiary/aromatic N) is 4. The van der Waals surface area contributed by atoms with E-state index >= 15 is 0 Å². The first-order valence-corrected chi connectivity index (χ1v) is 9.36. The summed E-state index contributed by atoms with van der Waals surface area (Å²) >= 11 is 0. The van der Waals surface area contributed by atoms with Gasteiger partial charge in [0.25, 0.3) is 0 Å². The van der Waals surface area contributed by atoms with E-state index in [0.29, 0.717) is 50.7 Å². The number of carbonyl (C=O) groups is 2. The molecule has 148 valence electrons. The van der Waals surface area contributed by atoms with Crippen molar-refractivity contribution in [1.82, 2.24) is 30.7 Å². The first kappa shape index (κ1) is 18.2. The predicted octanol–water partition coefficient (Wildman–Crippen LogP) is 1.35. The minimum absolute atomic E-state index is 0.138. The van der Waals surface area contributed by atoms with Gasteiger partial charge >= 0.3 is 12.1 Å². The second-order valence-corrected chi connectivity index (χ2v) is 7.00. The molecule has 1 spiro atoms. The van der Waals surface area contributed by atoms with Crippen LogP contribution in [0.3, 0.4) is 0 Å². The fourth-order valence-electron chi connectivity index (χ4n) is 3.51. The van der Waals surface area contributed by atoms with Crippen LogP contribution in [0.1, 0.15) is 25.2 Å². The number of aromatic nitrogens is 3. The van der Waals surface area contributed by atoms with Gasteiger partial charge in [-0.15, -0.1) is 0 Å². The Bertz CT molecular complexity index is 842. The third kappa shape index (κ3) is 4.05. The summed E-state index contributed by atoms with van der Waals surface area (Å²) in [5.74, 6) is 0.935. The highest BCUT2D eigenvalue weighted by molar-refractivity contribution is 5.74. The molecule has 2 aromatic heterocycles. The highest BCUT2D eigenvalue weighted by atomic mass is 16.6. The average Bonchev–Trinajstić information content (AvgIpc) is 3.26. The molecule has 0 radical (unpaired) electrons. The Morgan fingerprint density at radius 2 is 2.29 bits per heavy atom. The second-order valence-electron chi connectivity index (χ2n) is 7.00. The summed E-state index contributed by atoms with van der Waals surface area (Å²) < 4.78 is 10.7. The molecule has 4 rings (SSSR count). The van der Waals surface area contributed by atoms with Crippen LogP contribution in [0.5, 0.6) is 0 Å². The van der Waals surface area contributed by atoms with Crippen molar-refractivity contribution < 1.29 is 18.8 Å². The van der Waals surface area contributed by atoms with Crippen molar-refractivity contribution in [1.29, 1.82) is 0 Å². The number of hydrogen-bond acceptors (Lipinski definition) is 7. The molecule has 0 bridgehead atoms. The Labute approximate surface area is 161 Å². The maximum Gasteiger partial charge on any atom is 0.407 e. The molecule has 4 heterocycles. The molecule has 2 aliphatic rings. The van der Waals surface area contributed by atoms with E-state index in [4.69, 9.17) is 9.26 Å². The Morgan fingerprint density at radius 1 is 1.36 bits per heavy atom. The number of carbonyl (C=O) groups excluding carboxylic acids is 2. The van der Waals surface area contributed by atoms with Crippen LogP contribution in [0.15, 0.2) is 29.0 Å². The number of pyridine rings is 1. The van der Waals surface area contributed by atoms with E-state index in [9.17, 15) is 9.59 Å². The molecule has 2 aliphatic heterocycles. The minimum atomic E-state index is -0.474. The summed E-state index contributed by atoms with van der Waals surface area (Å²) in [6, 6.07) is 3.52. The molecule has 2 saturated heterocycles. The van der Waals surface area contributed by atoms with Crippen LogP contribution in [-0.2, 0) is 11.2 Å². The molecular weight excluding hydrogens is 364 g/mol. The first-order chi connectivity index (χ1) is 13.6. The van der Waals surface area contributed by atoms with Crippen molar-refractivity contribution in [2.75, 3.05) is 26.2 Å². The van der Waals surface area contributed by atoms with E-state index in [1.165, 1.54) is 0 Å². The van der Waals surface area contributed by atoms with Gasteiger partial charge in [-0.3, -0.25) is 4.98 Å². The van der Waals surface area contributed by atoms with Gasteiger partial charge in [-0.25, -0.2) is 9.59 Å². The summed E-state index contributed by atoms with van der Waals surface area (Å²) in [4.78, 5) is 33.9. The molecule has 10 heteroatoms. The van der Waals surface area contributed by atoms with Crippen LogP contribution in [0.25, 0.3) is 11.4 Å². The van der Waals surface area contributed by atoms with Gasteiger partial charge in [0.15, 0.2) is 0 Å². The number of hydrogen-bond donors (Lipinski definition) is 2. The Kier molecular flexibility index (Phi) is 5.09. The Morgan fingerprint density at radius 3 is 3.07 bits per heavy atom. The van der Waals surface area contributed by atoms with Crippen molar-refractivity contribution in [2.24, 2.45) is 0 Å². The Hall–Kier alpha value is -3.17. The molecule has 1 atom stereocenters. The van der Waals surface area contributed by atoms with Crippen LogP contribution in [0, 0.1) is 0 Å². The number of likely N-dealkylation sites (tertiary alicyclic amines) is 1. The van der Waals surface area contributed by atoms with E-state index in [1.807, 2.05) is 6.07 Å². The number of rotatable bonds is 4. The normalized spacial score (nSPS) is 21.9. The molecule has 2 aromatic rings. The summed E-state index contributed by atoms with van der Waals surface area (Å²) in [5, 5.41) is 9.54. The van der Waals surface area contributed by atoms with Gasteiger partial charge in [0.1, 0.15) is 5.60 Å². The second kappa shape index (κ2) is 7.83. The Balaban J connectivity index is 1.25. The monoisotopic (exact) mass is 386 g/mol. The number of ether oxygens (including phenoxy) is 1. The molecule has 0 aliphatic carbocycles. The summed E-state index contributed by atoms with van der Waals surface area (Å²) in [6.07, 6.45) is 5.60. The predicted molar refractivity (Wildman–Crippen MR) is 97.3 cm³/mol. The van der Waals surface area contributed by atoms with E-state index in [1.54, 1.807) is 23.4 Å². The molecule has 10 nitrogen and oxygen atoms in total. The fourth-order valence-corrected chi connectivity index (χ4v) is 3.51. The summed E-state index contributed by atoms with van der Waals surface area (Å²) in [5.41, 5.74) is 0.306. The van der Waals surface area contributed by atoms with Crippen LogP contribution >= 0.6 is 0 Å². The number of amides is 3. The average molecular weight is 386 g/mol. The maximum absolute atomic E-state index is 12.5. The van der Waals surface area contributed by atoms with Crippen LogP contribution in [0.4, 0.5) is 9.59 Å². The lowest BCUT2D eigenvalue weighted by atomic mass is 9.95. The molecule has 0 aromatic carbocycles. The highest BCUT2D eigenvalue weighted by Gasteiger charge is 2.41. The van der Waals surface area contributed by atoms with E-state index in [-0.39, 0.29) is 12.1 Å². The van der Waals surface area contributed by atoms with E-state index in [0.717, 1.165) is 18.4 Å². The molecular formula is C18H22N6O4. The third-order valence-electron chi connectivity index (χ3n) is 5.05. The van der Waals surface area contributed by atoms with Crippen LogP contribution in [0.2, 0.25) is 0 Å². The molecule has 3 amide bonds. The SMILES string of the molecule is O=C1NC[C@@]2(CCCN(C(=O)NCCc3nc(-c4cccnc4)no3)CC2)O1. The first-order valence-electron chi connectivity index (χ1n) is 9.36. The van der Waals surface area contributed by atoms with E-state index < -0.39 is 5.60 Å². The van der Waals surface area contributed by atoms with Crippen molar-refractivity contribution in [3.05, 3.63) is 30.4 Å². The molecule has 2 fully saturated rings. The van der Waals surface area contributed by atoms with Gasteiger partial charge in [0.05, 0.1) is 6.54 Å². The molecule has 28 heavy (non-hydrogen) atoms. The standard InChI is InChI=1S/C18H22N6O4/c25-16(24-9-2-5-18(6-10-24)12-21-17(26)27-18)20-8-4-14-22-15(23-28-14)13-3-1-7-19-11-13/h1,3,7,11H,2,4-6,8-10,12H2,(H,20,25)(H,21,26)/t18-/m0/s1. The lowest BCUT2D eigenvalue weighted by molar-refractivity contribution is 0.0453. The zero-order valence-electron chi connectivity index (χ0n) is 15.4. The largest absolute Gasteiger partial charge is 0.441 e. The number of alkyl carbamates (subject to hydrolysis) is 1. The highest BCUT2D eigenvalue weighted by Crippen LogP contribution is 2.29. The summed E-state index contributed by atoms with van der Waals surface area (Å²) in [6.45, 7) is 2.09. The van der Waals surface area contributed by atoms with Gasteiger partial charge in [-0.05, 0) is 25.0 Å². The van der Waals surface area contributed by atoms with Gasteiger partial charge in [0, 0.05) is 50.4 Å². The lowest BCUT2D eigenvalue weighted by Crippen LogP contribution is -2.42. The van der Waals surface area contributed by atoms with Gasteiger partial charge in [-0.1, -0.05) is 5.16 Å². The minimum Gasteiger partial charge on any atom is -0.441 e. The van der Waals surface area contributed by atoms with Crippen molar-refractivity contribution >= 4 is 12.1 Å². The van der Waals surface area contributed by atoms with Crippen LogP contribution < -0.4 is 10.6 Å².